The van der Waals surface area contributed by atoms with Gasteiger partial charge in [-0.25, -0.2) is 9.67 Å². The molecule has 0 spiro atoms. The number of thiophene rings is 1. The Morgan fingerprint density at radius 3 is 2.95 bits per heavy atom. The van der Waals surface area contributed by atoms with Crippen LogP contribution in [0.2, 0.25) is 0 Å². The fraction of sp³-hybridized carbons (Fsp3) is 0.286. The Hall–Kier alpha value is -1.70. The fourth-order valence-corrected chi connectivity index (χ4v) is 3.43. The van der Waals surface area contributed by atoms with E-state index in [1.165, 1.54) is 4.88 Å². The van der Waals surface area contributed by atoms with Gasteiger partial charge in [-0.2, -0.15) is 5.10 Å². The fourth-order valence-electron chi connectivity index (χ4n) is 2.04. The predicted octanol–water partition coefficient (Wildman–Crippen LogP) is 2.98. The third kappa shape index (κ3) is 3.15. The lowest BCUT2D eigenvalue weighted by Crippen LogP contribution is -2.10. The Morgan fingerprint density at radius 1 is 1.38 bits per heavy atom. The summed E-state index contributed by atoms with van der Waals surface area (Å²) in [4.78, 5) is 6.59. The zero-order chi connectivity index (χ0) is 14.7. The smallest absolute Gasteiger partial charge is 0.125 e. The van der Waals surface area contributed by atoms with Crippen LogP contribution in [0.15, 0.2) is 29.1 Å². The van der Waals surface area contributed by atoms with Crippen molar-refractivity contribution in [1.82, 2.24) is 14.8 Å². The highest BCUT2D eigenvalue weighted by molar-refractivity contribution is 7.13. The van der Waals surface area contributed by atoms with Gasteiger partial charge in [0.1, 0.15) is 11.5 Å². The van der Waals surface area contributed by atoms with Crippen LogP contribution in [0.4, 0.5) is 5.82 Å². The van der Waals surface area contributed by atoms with E-state index in [-0.39, 0.29) is 6.61 Å². The molecule has 0 atom stereocenters. The average Bonchev–Trinajstić information content (AvgIpc) is 3.18. The van der Waals surface area contributed by atoms with Crippen LogP contribution in [0.1, 0.15) is 10.6 Å². The number of nitrogens with one attached hydrogen (secondary N) is 1. The van der Waals surface area contributed by atoms with Crippen LogP contribution in [0.5, 0.6) is 0 Å². The first-order valence-corrected chi connectivity index (χ1v) is 8.39. The van der Waals surface area contributed by atoms with E-state index >= 15 is 0 Å². The van der Waals surface area contributed by atoms with Crippen molar-refractivity contribution in [3.63, 3.8) is 0 Å². The molecular formula is C14H16N4OS2. The van der Waals surface area contributed by atoms with Crippen LogP contribution in [-0.4, -0.2) is 26.5 Å². The Labute approximate surface area is 130 Å². The maximum atomic E-state index is 9.19. The number of hydrogen-bond donors (Lipinski definition) is 2. The molecule has 0 aromatic carbocycles. The van der Waals surface area contributed by atoms with Crippen LogP contribution in [0.3, 0.4) is 0 Å². The molecule has 0 bridgehead atoms. The summed E-state index contributed by atoms with van der Waals surface area (Å²) in [6.45, 7) is 3.28. The summed E-state index contributed by atoms with van der Waals surface area (Å²) in [6, 6.07) is 6.09. The van der Waals surface area contributed by atoms with Gasteiger partial charge in [-0.1, -0.05) is 6.07 Å². The molecule has 0 saturated heterocycles. The highest BCUT2D eigenvalue weighted by Gasteiger charge is 2.11. The molecule has 0 saturated carbocycles. The molecule has 3 aromatic heterocycles. The van der Waals surface area contributed by atoms with Crippen molar-refractivity contribution in [2.75, 3.05) is 11.9 Å². The number of aliphatic hydroxyl groups is 1. The summed E-state index contributed by atoms with van der Waals surface area (Å²) >= 11 is 3.30. The van der Waals surface area contributed by atoms with Gasteiger partial charge >= 0.3 is 0 Å². The predicted molar refractivity (Wildman–Crippen MR) is 86.8 cm³/mol. The number of aromatic nitrogens is 3. The second kappa shape index (κ2) is 6.38. The van der Waals surface area contributed by atoms with Crippen LogP contribution < -0.4 is 5.32 Å². The van der Waals surface area contributed by atoms with Crippen molar-refractivity contribution in [2.24, 2.45) is 0 Å². The van der Waals surface area contributed by atoms with E-state index < -0.39 is 0 Å². The number of nitrogens with zero attached hydrogens (tertiary/aromatic N) is 3. The van der Waals surface area contributed by atoms with Crippen LogP contribution in [-0.2, 0) is 13.1 Å². The SMILES string of the molecule is Cc1ncsc1CNc1cc(-c2cccs2)nn1CCO. The minimum Gasteiger partial charge on any atom is -0.394 e. The molecule has 0 radical (unpaired) electrons. The van der Waals surface area contributed by atoms with E-state index in [4.69, 9.17) is 0 Å². The van der Waals surface area contributed by atoms with Crippen molar-refractivity contribution in [1.29, 1.82) is 0 Å². The number of thiazole rings is 1. The summed E-state index contributed by atoms with van der Waals surface area (Å²) in [5.74, 6) is 0.917. The quantitative estimate of drug-likeness (QED) is 0.733. The second-order valence-electron chi connectivity index (χ2n) is 4.55. The monoisotopic (exact) mass is 320 g/mol. The Kier molecular flexibility index (Phi) is 4.33. The lowest BCUT2D eigenvalue weighted by molar-refractivity contribution is 0.270. The van der Waals surface area contributed by atoms with E-state index in [9.17, 15) is 5.11 Å². The first-order valence-electron chi connectivity index (χ1n) is 6.63. The van der Waals surface area contributed by atoms with Crippen molar-refractivity contribution >= 4 is 28.5 Å². The molecule has 0 aliphatic rings. The number of aryl methyl sites for hydroxylation is 1. The molecule has 0 aliphatic carbocycles. The molecule has 0 amide bonds. The zero-order valence-electron chi connectivity index (χ0n) is 11.6. The second-order valence-corrected chi connectivity index (χ2v) is 6.44. The summed E-state index contributed by atoms with van der Waals surface area (Å²) in [6.07, 6.45) is 0. The molecule has 3 heterocycles. The molecule has 0 aliphatic heterocycles. The number of aliphatic hydroxyl groups excluding tert-OH is 1. The maximum absolute atomic E-state index is 9.19. The molecule has 7 heteroatoms. The van der Waals surface area contributed by atoms with Gasteiger partial charge in [0.25, 0.3) is 0 Å². The average molecular weight is 320 g/mol. The van der Waals surface area contributed by atoms with Gasteiger partial charge in [-0.15, -0.1) is 22.7 Å². The lowest BCUT2D eigenvalue weighted by Gasteiger charge is -2.07. The molecule has 3 aromatic rings. The van der Waals surface area contributed by atoms with Crippen molar-refractivity contribution in [3.05, 3.63) is 39.7 Å². The van der Waals surface area contributed by atoms with E-state index in [1.54, 1.807) is 22.7 Å². The molecule has 3 rings (SSSR count). The number of anilines is 1. The highest BCUT2D eigenvalue weighted by atomic mass is 32.1. The molecule has 21 heavy (non-hydrogen) atoms. The van der Waals surface area contributed by atoms with Crippen LogP contribution >= 0.6 is 22.7 Å². The summed E-state index contributed by atoms with van der Waals surface area (Å²) < 4.78 is 1.81. The standard InChI is InChI=1S/C14H16N4OS2/c1-10-13(21-9-16-10)8-15-14-7-11(12-3-2-6-20-12)17-18(14)4-5-19/h2-3,6-7,9,15,19H,4-5,8H2,1H3. The van der Waals surface area contributed by atoms with Gasteiger partial charge in [-0.05, 0) is 18.4 Å². The van der Waals surface area contributed by atoms with Crippen LogP contribution in [0.25, 0.3) is 10.6 Å². The van der Waals surface area contributed by atoms with Gasteiger partial charge in [0, 0.05) is 10.9 Å². The molecular weight excluding hydrogens is 304 g/mol. The van der Waals surface area contributed by atoms with Crippen LogP contribution in [0, 0.1) is 6.92 Å². The van der Waals surface area contributed by atoms with Gasteiger partial charge in [0.15, 0.2) is 0 Å². The normalized spacial score (nSPS) is 11.0. The topological polar surface area (TPSA) is 63.0 Å². The molecule has 2 N–H and O–H groups in total. The molecule has 0 unspecified atom stereocenters. The Balaban J connectivity index is 1.81. The number of rotatable bonds is 6. The van der Waals surface area contributed by atoms with Gasteiger partial charge in [-0.3, -0.25) is 0 Å². The zero-order valence-corrected chi connectivity index (χ0v) is 13.2. The molecule has 5 nitrogen and oxygen atoms in total. The summed E-state index contributed by atoms with van der Waals surface area (Å²) in [7, 11) is 0. The lowest BCUT2D eigenvalue weighted by atomic mass is 10.3. The molecule has 110 valence electrons. The van der Waals surface area contributed by atoms with E-state index in [2.05, 4.69) is 15.4 Å². The minimum absolute atomic E-state index is 0.0693. The largest absolute Gasteiger partial charge is 0.394 e. The minimum atomic E-state index is 0.0693. The van der Waals surface area contributed by atoms with Gasteiger partial charge < -0.3 is 10.4 Å². The summed E-state index contributed by atoms with van der Waals surface area (Å²) in [5.41, 5.74) is 3.84. The third-order valence-corrected chi connectivity index (χ3v) is 4.97. The van der Waals surface area contributed by atoms with Crippen molar-refractivity contribution in [2.45, 2.75) is 20.0 Å². The van der Waals surface area contributed by atoms with Crippen molar-refractivity contribution in [3.8, 4) is 10.6 Å². The van der Waals surface area contributed by atoms with Gasteiger partial charge in [0.05, 0.1) is 35.8 Å². The maximum Gasteiger partial charge on any atom is 0.125 e. The Morgan fingerprint density at radius 2 is 2.29 bits per heavy atom. The summed E-state index contributed by atoms with van der Waals surface area (Å²) in [5, 5.41) is 19.2. The van der Waals surface area contributed by atoms with Gasteiger partial charge in [0.2, 0.25) is 0 Å². The van der Waals surface area contributed by atoms with Crippen molar-refractivity contribution < 1.29 is 5.11 Å². The third-order valence-electron chi connectivity index (χ3n) is 3.14. The van der Waals surface area contributed by atoms with E-state index in [1.807, 2.05) is 40.7 Å². The highest BCUT2D eigenvalue weighted by Crippen LogP contribution is 2.26. The first kappa shape index (κ1) is 14.2. The van der Waals surface area contributed by atoms with E-state index in [0.717, 1.165) is 28.6 Å². The van der Waals surface area contributed by atoms with E-state index in [0.29, 0.717) is 6.54 Å². The first-order chi connectivity index (χ1) is 10.3. The molecule has 0 fully saturated rings. The Bertz CT molecular complexity index is 702. The number of hydrogen-bond acceptors (Lipinski definition) is 6.